The average Bonchev–Trinajstić information content (AvgIpc) is 2.35. The summed E-state index contributed by atoms with van der Waals surface area (Å²) in [5, 5.41) is 0. The lowest BCUT2D eigenvalue weighted by atomic mass is 10.2. The van der Waals surface area contributed by atoms with Crippen LogP contribution in [0.2, 0.25) is 0 Å². The zero-order chi connectivity index (χ0) is 14.0. The van der Waals surface area contributed by atoms with Gasteiger partial charge < -0.3 is 5.73 Å². The second-order valence-corrected chi connectivity index (χ2v) is 7.64. The molecule has 0 fully saturated rings. The summed E-state index contributed by atoms with van der Waals surface area (Å²) in [7, 11) is -3.32. The van der Waals surface area contributed by atoms with Crippen molar-refractivity contribution in [3.63, 3.8) is 0 Å². The molecule has 0 amide bonds. The molecule has 100 valence electrons. The molecule has 0 spiro atoms. The van der Waals surface area contributed by atoms with Gasteiger partial charge in [0.1, 0.15) is 0 Å². The topological polar surface area (TPSA) is 60.2 Å². The quantitative estimate of drug-likeness (QED) is 0.650. The lowest BCUT2D eigenvalue weighted by molar-refractivity contribution is 0.595. The summed E-state index contributed by atoms with van der Waals surface area (Å²) in [4.78, 5) is 0.317. The second kappa shape index (κ2) is 5.50. The lowest BCUT2D eigenvalue weighted by Gasteiger charge is -2.07. The fourth-order valence-corrected chi connectivity index (χ4v) is 3.51. The Bertz CT molecular complexity index is 694. The van der Waals surface area contributed by atoms with Crippen molar-refractivity contribution in [2.24, 2.45) is 0 Å². The third-order valence-electron chi connectivity index (χ3n) is 2.87. The molecule has 0 saturated heterocycles. The first-order valence-corrected chi connectivity index (χ1v) is 8.45. The number of sulfone groups is 1. The molecular weight excluding hydrogens is 373 g/mol. The minimum Gasteiger partial charge on any atom is -0.399 e. The van der Waals surface area contributed by atoms with Crippen LogP contribution in [0.15, 0.2) is 47.4 Å². The number of nitrogens with two attached hydrogens (primary N) is 1. The van der Waals surface area contributed by atoms with E-state index < -0.39 is 9.84 Å². The normalized spacial score (nSPS) is 11.5. The van der Waals surface area contributed by atoms with Crippen molar-refractivity contribution in [3.8, 4) is 0 Å². The molecule has 2 aromatic rings. The van der Waals surface area contributed by atoms with Gasteiger partial charge in [0.25, 0.3) is 0 Å². The number of nitrogen functional groups attached to an aromatic ring is 1. The molecule has 2 aromatic carbocycles. The maximum atomic E-state index is 12.3. The Balaban J connectivity index is 2.32. The van der Waals surface area contributed by atoms with Crippen LogP contribution in [-0.2, 0) is 15.6 Å². The summed E-state index contributed by atoms with van der Waals surface area (Å²) in [6, 6.07) is 12.3. The first kappa shape index (κ1) is 14.3. The van der Waals surface area contributed by atoms with Gasteiger partial charge in [-0.15, -0.1) is 0 Å². The Labute approximate surface area is 126 Å². The summed E-state index contributed by atoms with van der Waals surface area (Å²) in [5.74, 6) is 0.00722. The molecule has 0 radical (unpaired) electrons. The van der Waals surface area contributed by atoms with E-state index in [0.717, 1.165) is 14.7 Å². The van der Waals surface area contributed by atoms with Crippen LogP contribution >= 0.6 is 22.6 Å². The largest absolute Gasteiger partial charge is 0.399 e. The number of hydrogen-bond acceptors (Lipinski definition) is 3. The molecule has 5 heteroatoms. The zero-order valence-electron chi connectivity index (χ0n) is 10.4. The summed E-state index contributed by atoms with van der Waals surface area (Å²) >= 11 is 2.19. The lowest BCUT2D eigenvalue weighted by Crippen LogP contribution is -2.06. The molecule has 2 N–H and O–H groups in total. The van der Waals surface area contributed by atoms with Crippen LogP contribution in [0.1, 0.15) is 11.1 Å². The van der Waals surface area contributed by atoms with E-state index in [-0.39, 0.29) is 5.75 Å². The van der Waals surface area contributed by atoms with Crippen LogP contribution in [0.5, 0.6) is 0 Å². The maximum absolute atomic E-state index is 12.3. The third kappa shape index (κ3) is 3.48. The predicted octanol–water partition coefficient (Wildman–Crippen LogP) is 3.16. The molecule has 0 bridgehead atoms. The Hall–Kier alpha value is -1.08. The highest BCUT2D eigenvalue weighted by Gasteiger charge is 2.16. The first-order chi connectivity index (χ1) is 8.88. The van der Waals surface area contributed by atoms with Crippen LogP contribution in [0.25, 0.3) is 0 Å². The summed E-state index contributed by atoms with van der Waals surface area (Å²) in [6.07, 6.45) is 0. The van der Waals surface area contributed by atoms with Crippen LogP contribution < -0.4 is 5.73 Å². The van der Waals surface area contributed by atoms with Gasteiger partial charge in [-0.1, -0.05) is 12.1 Å². The molecule has 0 aliphatic rings. The van der Waals surface area contributed by atoms with Crippen LogP contribution in [0.4, 0.5) is 5.69 Å². The molecule has 19 heavy (non-hydrogen) atoms. The molecule has 0 atom stereocenters. The molecule has 3 nitrogen and oxygen atoms in total. The van der Waals surface area contributed by atoms with Crippen LogP contribution in [0, 0.1) is 10.5 Å². The highest BCUT2D eigenvalue weighted by atomic mass is 127. The van der Waals surface area contributed by atoms with Gasteiger partial charge in [-0.2, -0.15) is 0 Å². The van der Waals surface area contributed by atoms with Gasteiger partial charge in [0.2, 0.25) is 0 Å². The Kier molecular flexibility index (Phi) is 4.15. The summed E-state index contributed by atoms with van der Waals surface area (Å²) in [6.45, 7) is 1.80. The molecular formula is C14H14INO2S. The number of aryl methyl sites for hydroxylation is 1. The van der Waals surface area contributed by atoms with Gasteiger partial charge in [0, 0.05) is 9.26 Å². The Morgan fingerprint density at radius 3 is 2.32 bits per heavy atom. The maximum Gasteiger partial charge on any atom is 0.182 e. The fourth-order valence-electron chi connectivity index (χ4n) is 1.73. The van der Waals surface area contributed by atoms with Crippen molar-refractivity contribution in [1.29, 1.82) is 0 Å². The number of halogens is 1. The minimum atomic E-state index is -3.32. The van der Waals surface area contributed by atoms with E-state index in [1.165, 1.54) is 0 Å². The first-order valence-electron chi connectivity index (χ1n) is 5.72. The predicted molar refractivity (Wildman–Crippen MR) is 85.6 cm³/mol. The van der Waals surface area contributed by atoms with Crippen molar-refractivity contribution in [2.75, 3.05) is 5.73 Å². The Morgan fingerprint density at radius 2 is 1.74 bits per heavy atom. The molecule has 2 rings (SSSR count). The van der Waals surface area contributed by atoms with Crippen LogP contribution in [0.3, 0.4) is 0 Å². The van der Waals surface area contributed by atoms with Crippen molar-refractivity contribution >= 4 is 38.1 Å². The zero-order valence-corrected chi connectivity index (χ0v) is 13.4. The molecule has 0 heterocycles. The smallest absolute Gasteiger partial charge is 0.182 e. The van der Waals surface area contributed by atoms with Crippen molar-refractivity contribution in [2.45, 2.75) is 17.6 Å². The summed E-state index contributed by atoms with van der Waals surface area (Å²) in [5.41, 5.74) is 7.88. The summed E-state index contributed by atoms with van der Waals surface area (Å²) < 4.78 is 25.7. The SMILES string of the molecule is Cc1cc(S(=O)(=O)Cc2ccc(I)cc2)ccc1N. The van der Waals surface area contributed by atoms with Gasteiger partial charge in [-0.05, 0) is 71.0 Å². The molecule has 0 saturated carbocycles. The van der Waals surface area contributed by atoms with Crippen molar-refractivity contribution < 1.29 is 8.42 Å². The minimum absolute atomic E-state index is 0.00722. The van der Waals surface area contributed by atoms with E-state index in [0.29, 0.717) is 10.6 Å². The highest BCUT2D eigenvalue weighted by molar-refractivity contribution is 14.1. The van der Waals surface area contributed by atoms with E-state index in [9.17, 15) is 8.42 Å². The Morgan fingerprint density at radius 1 is 1.11 bits per heavy atom. The van der Waals surface area contributed by atoms with E-state index >= 15 is 0 Å². The van der Waals surface area contributed by atoms with Crippen LogP contribution in [-0.4, -0.2) is 8.42 Å². The van der Waals surface area contributed by atoms with E-state index in [1.54, 1.807) is 25.1 Å². The number of benzene rings is 2. The number of hydrogen-bond donors (Lipinski definition) is 1. The average molecular weight is 387 g/mol. The second-order valence-electron chi connectivity index (χ2n) is 4.40. The molecule has 0 aliphatic carbocycles. The molecule has 0 unspecified atom stereocenters. The van der Waals surface area contributed by atoms with Crippen molar-refractivity contribution in [1.82, 2.24) is 0 Å². The van der Waals surface area contributed by atoms with Gasteiger partial charge in [0.15, 0.2) is 9.84 Å². The molecule has 0 aliphatic heterocycles. The van der Waals surface area contributed by atoms with E-state index in [4.69, 9.17) is 5.73 Å². The monoisotopic (exact) mass is 387 g/mol. The van der Waals surface area contributed by atoms with Gasteiger partial charge >= 0.3 is 0 Å². The number of rotatable bonds is 3. The highest BCUT2D eigenvalue weighted by Crippen LogP contribution is 2.21. The van der Waals surface area contributed by atoms with Crippen molar-refractivity contribution in [3.05, 3.63) is 57.2 Å². The van der Waals surface area contributed by atoms with Gasteiger partial charge in [-0.3, -0.25) is 0 Å². The van der Waals surface area contributed by atoms with E-state index in [2.05, 4.69) is 22.6 Å². The third-order valence-corrected chi connectivity index (χ3v) is 5.28. The van der Waals surface area contributed by atoms with Gasteiger partial charge in [0.05, 0.1) is 10.6 Å². The fraction of sp³-hybridized carbons (Fsp3) is 0.143. The number of anilines is 1. The standard InChI is InChI=1S/C14H14INO2S/c1-10-8-13(6-7-14(10)16)19(17,18)9-11-2-4-12(15)5-3-11/h2-8H,9,16H2,1H3. The molecule has 0 aromatic heterocycles. The van der Waals surface area contributed by atoms with Gasteiger partial charge in [-0.25, -0.2) is 8.42 Å². The van der Waals surface area contributed by atoms with E-state index in [1.807, 2.05) is 24.3 Å².